The van der Waals surface area contributed by atoms with Crippen molar-refractivity contribution in [3.05, 3.63) is 0 Å². The van der Waals surface area contributed by atoms with E-state index in [1.54, 1.807) is 4.90 Å². The molecule has 0 unspecified atom stereocenters. The zero-order chi connectivity index (χ0) is 17.0. The summed E-state index contributed by atoms with van der Waals surface area (Å²) in [4.78, 5) is 36.7. The average molecular weight is 345 g/mol. The number of piperidine rings is 1. The fraction of sp³-hybridized carbons (Fsp3) is 0.786. The summed E-state index contributed by atoms with van der Waals surface area (Å²) in [5, 5.41) is 5.22. The predicted octanol–water partition coefficient (Wildman–Crippen LogP) is -1.34. The van der Waals surface area contributed by atoms with Crippen LogP contribution in [0.4, 0.5) is 0 Å². The topological polar surface area (TPSA) is 113 Å². The monoisotopic (exact) mass is 345 g/mol. The minimum Gasteiger partial charge on any atom is -0.351 e. The highest BCUT2D eigenvalue weighted by molar-refractivity contribution is 7.91. The maximum absolute atomic E-state index is 12.0. The van der Waals surface area contributed by atoms with Crippen LogP contribution < -0.4 is 10.6 Å². The second kappa shape index (κ2) is 7.29. The molecule has 9 heteroatoms. The van der Waals surface area contributed by atoms with Gasteiger partial charge in [-0.25, -0.2) is 8.42 Å². The van der Waals surface area contributed by atoms with E-state index in [9.17, 15) is 22.8 Å². The summed E-state index contributed by atoms with van der Waals surface area (Å²) in [7, 11) is -3.04. The number of rotatable bonds is 4. The third-order valence-corrected chi connectivity index (χ3v) is 6.10. The number of hydrogen-bond donors (Lipinski definition) is 2. The SMILES string of the molecule is CC(=O)N1CCC(C(=O)NCC(=O)N[C@H]2CCS(=O)(=O)C2)CC1. The first-order chi connectivity index (χ1) is 10.8. The third kappa shape index (κ3) is 5.19. The molecule has 0 bridgehead atoms. The van der Waals surface area contributed by atoms with Crippen LogP contribution in [0.1, 0.15) is 26.2 Å². The van der Waals surface area contributed by atoms with Gasteiger partial charge in [0.1, 0.15) is 0 Å². The molecule has 1 atom stereocenters. The van der Waals surface area contributed by atoms with Crippen molar-refractivity contribution >= 4 is 27.6 Å². The number of likely N-dealkylation sites (tertiary alicyclic amines) is 1. The first kappa shape index (κ1) is 17.7. The largest absolute Gasteiger partial charge is 0.351 e. The van der Waals surface area contributed by atoms with E-state index in [4.69, 9.17) is 0 Å². The maximum Gasteiger partial charge on any atom is 0.239 e. The standard InChI is InChI=1S/C14H23N3O5S/c1-10(18)17-5-2-11(3-6-17)14(20)15-8-13(19)16-12-4-7-23(21,22)9-12/h11-12H,2-9H2,1H3,(H,15,20)(H,16,19)/t12-/m0/s1. The van der Waals surface area contributed by atoms with E-state index in [0.717, 1.165) is 0 Å². The van der Waals surface area contributed by atoms with Gasteiger partial charge in [0.15, 0.2) is 9.84 Å². The van der Waals surface area contributed by atoms with Crippen molar-refractivity contribution in [1.82, 2.24) is 15.5 Å². The lowest BCUT2D eigenvalue weighted by Gasteiger charge is -2.30. The van der Waals surface area contributed by atoms with Gasteiger partial charge in [0, 0.05) is 32.0 Å². The van der Waals surface area contributed by atoms with Crippen LogP contribution in [-0.4, -0.2) is 68.2 Å². The molecule has 2 aliphatic heterocycles. The number of hydrogen-bond acceptors (Lipinski definition) is 5. The highest BCUT2D eigenvalue weighted by Crippen LogP contribution is 2.17. The van der Waals surface area contributed by atoms with Crippen molar-refractivity contribution in [2.45, 2.75) is 32.2 Å². The molecule has 0 aliphatic carbocycles. The van der Waals surface area contributed by atoms with Gasteiger partial charge in [-0.15, -0.1) is 0 Å². The highest BCUT2D eigenvalue weighted by atomic mass is 32.2. The van der Waals surface area contributed by atoms with Crippen LogP contribution >= 0.6 is 0 Å². The van der Waals surface area contributed by atoms with E-state index in [1.807, 2.05) is 0 Å². The minimum atomic E-state index is -3.04. The summed E-state index contributed by atoms with van der Waals surface area (Å²) in [5.74, 6) is -0.682. The number of nitrogens with one attached hydrogen (secondary N) is 2. The van der Waals surface area contributed by atoms with E-state index >= 15 is 0 Å². The first-order valence-corrected chi connectivity index (χ1v) is 9.62. The molecule has 23 heavy (non-hydrogen) atoms. The molecule has 2 rings (SSSR count). The molecule has 3 amide bonds. The number of sulfone groups is 1. The molecule has 0 aromatic heterocycles. The van der Waals surface area contributed by atoms with Gasteiger partial charge in [0.05, 0.1) is 18.1 Å². The van der Waals surface area contributed by atoms with Crippen molar-refractivity contribution in [3.8, 4) is 0 Å². The Morgan fingerprint density at radius 3 is 2.30 bits per heavy atom. The van der Waals surface area contributed by atoms with Crippen molar-refractivity contribution in [2.75, 3.05) is 31.1 Å². The third-order valence-electron chi connectivity index (χ3n) is 4.33. The molecule has 130 valence electrons. The molecule has 2 fully saturated rings. The van der Waals surface area contributed by atoms with Gasteiger partial charge in [0.2, 0.25) is 17.7 Å². The Balaban J connectivity index is 1.68. The lowest BCUT2D eigenvalue weighted by atomic mass is 9.96. The molecule has 2 aliphatic rings. The summed E-state index contributed by atoms with van der Waals surface area (Å²) < 4.78 is 22.6. The second-order valence-corrected chi connectivity index (χ2v) is 8.39. The number of carbonyl (C=O) groups is 3. The molecule has 0 saturated carbocycles. The summed E-state index contributed by atoms with van der Waals surface area (Å²) >= 11 is 0. The van der Waals surface area contributed by atoms with Crippen molar-refractivity contribution in [2.24, 2.45) is 5.92 Å². The second-order valence-electron chi connectivity index (χ2n) is 6.17. The Morgan fingerprint density at radius 1 is 1.13 bits per heavy atom. The van der Waals surface area contributed by atoms with Gasteiger partial charge in [0.25, 0.3) is 0 Å². The van der Waals surface area contributed by atoms with Crippen molar-refractivity contribution in [1.29, 1.82) is 0 Å². The number of nitrogens with zero attached hydrogens (tertiary/aromatic N) is 1. The van der Waals surface area contributed by atoms with Gasteiger partial charge in [-0.2, -0.15) is 0 Å². The summed E-state index contributed by atoms with van der Waals surface area (Å²) in [6, 6.07) is -0.358. The fourth-order valence-corrected chi connectivity index (χ4v) is 4.63. The highest BCUT2D eigenvalue weighted by Gasteiger charge is 2.29. The number of amides is 3. The number of carbonyl (C=O) groups excluding carboxylic acids is 3. The van der Waals surface area contributed by atoms with Crippen LogP contribution in [0.15, 0.2) is 0 Å². The molecule has 0 radical (unpaired) electrons. The van der Waals surface area contributed by atoms with Crippen LogP contribution in [0.3, 0.4) is 0 Å². The van der Waals surface area contributed by atoms with E-state index in [2.05, 4.69) is 10.6 Å². The summed E-state index contributed by atoms with van der Waals surface area (Å²) in [6.07, 6.45) is 1.60. The zero-order valence-corrected chi connectivity index (χ0v) is 14.0. The molecule has 0 spiro atoms. The molecule has 8 nitrogen and oxygen atoms in total. The van der Waals surface area contributed by atoms with E-state index in [1.165, 1.54) is 6.92 Å². The Morgan fingerprint density at radius 2 is 1.78 bits per heavy atom. The predicted molar refractivity (Wildman–Crippen MR) is 83.2 cm³/mol. The molecule has 0 aromatic carbocycles. The molecular formula is C14H23N3O5S. The van der Waals surface area contributed by atoms with E-state index in [-0.39, 0.29) is 47.7 Å². The van der Waals surface area contributed by atoms with Crippen LogP contribution in [0, 0.1) is 5.92 Å². The maximum atomic E-state index is 12.0. The molecule has 0 aromatic rings. The Kier molecular flexibility index (Phi) is 5.61. The van der Waals surface area contributed by atoms with Crippen LogP contribution in [0.25, 0.3) is 0 Å². The Labute approximate surface area is 135 Å². The van der Waals surface area contributed by atoms with Gasteiger partial charge in [-0.3, -0.25) is 14.4 Å². The molecule has 2 heterocycles. The lowest BCUT2D eigenvalue weighted by Crippen LogP contribution is -2.46. The Hall–Kier alpha value is -1.64. The summed E-state index contributed by atoms with van der Waals surface area (Å²) in [5.41, 5.74) is 0. The minimum absolute atomic E-state index is 0.00903. The van der Waals surface area contributed by atoms with E-state index in [0.29, 0.717) is 32.4 Å². The smallest absolute Gasteiger partial charge is 0.239 e. The van der Waals surface area contributed by atoms with Crippen LogP contribution in [0.2, 0.25) is 0 Å². The Bertz CT molecular complexity index is 581. The summed E-state index contributed by atoms with van der Waals surface area (Å²) in [6.45, 7) is 2.47. The zero-order valence-electron chi connectivity index (χ0n) is 13.2. The van der Waals surface area contributed by atoms with Crippen molar-refractivity contribution < 1.29 is 22.8 Å². The van der Waals surface area contributed by atoms with E-state index < -0.39 is 9.84 Å². The first-order valence-electron chi connectivity index (χ1n) is 7.80. The molecule has 2 saturated heterocycles. The van der Waals surface area contributed by atoms with Gasteiger partial charge in [-0.05, 0) is 19.3 Å². The quantitative estimate of drug-likeness (QED) is 0.655. The van der Waals surface area contributed by atoms with Crippen LogP contribution in [0.5, 0.6) is 0 Å². The lowest BCUT2D eigenvalue weighted by molar-refractivity contribution is -0.134. The van der Waals surface area contributed by atoms with Crippen LogP contribution in [-0.2, 0) is 24.2 Å². The molecule has 2 N–H and O–H groups in total. The fourth-order valence-electron chi connectivity index (χ4n) is 2.96. The van der Waals surface area contributed by atoms with Gasteiger partial charge in [-0.1, -0.05) is 0 Å². The normalized spacial score (nSPS) is 24.2. The van der Waals surface area contributed by atoms with Gasteiger partial charge < -0.3 is 15.5 Å². The molecular weight excluding hydrogens is 322 g/mol. The average Bonchev–Trinajstić information content (AvgIpc) is 2.83. The van der Waals surface area contributed by atoms with Crippen molar-refractivity contribution in [3.63, 3.8) is 0 Å². The van der Waals surface area contributed by atoms with Gasteiger partial charge >= 0.3 is 0 Å².